The summed E-state index contributed by atoms with van der Waals surface area (Å²) in [6.45, 7) is 12.7. The molecule has 0 heterocycles. The largest absolute Gasteiger partial charge is 0.353 e. The van der Waals surface area contributed by atoms with Crippen LogP contribution in [-0.4, -0.2) is 40.3 Å². The van der Waals surface area contributed by atoms with E-state index in [0.717, 1.165) is 17.7 Å². The molecule has 30 heavy (non-hydrogen) atoms. The zero-order valence-corrected chi connectivity index (χ0v) is 19.9. The molecule has 0 aliphatic heterocycles. The van der Waals surface area contributed by atoms with Gasteiger partial charge < -0.3 is 9.47 Å². The van der Waals surface area contributed by atoms with Crippen LogP contribution in [0.25, 0.3) is 0 Å². The second-order valence-electron chi connectivity index (χ2n) is 5.44. The first-order valence-electron chi connectivity index (χ1n) is 9.26. The molecule has 2 rings (SSSR count). The maximum atomic E-state index is 11.9. The van der Waals surface area contributed by atoms with Gasteiger partial charge in [-0.25, -0.2) is 0 Å². The number of ketones is 1. The first-order valence-corrected chi connectivity index (χ1v) is 11.5. The van der Waals surface area contributed by atoms with E-state index >= 15 is 0 Å². The monoisotopic (exact) mass is 500 g/mol. The maximum Gasteiger partial charge on any atom is 0.297 e. The van der Waals surface area contributed by atoms with Crippen molar-refractivity contribution in [2.45, 2.75) is 32.0 Å². The van der Waals surface area contributed by atoms with Crippen LogP contribution in [0.3, 0.4) is 0 Å². The highest BCUT2D eigenvalue weighted by atomic mass is 79.9. The summed E-state index contributed by atoms with van der Waals surface area (Å²) in [5, 5.41) is 0. The first kappa shape index (κ1) is 28.2. The van der Waals surface area contributed by atoms with E-state index < -0.39 is 16.7 Å². The molecule has 0 atom stereocenters. The topological polar surface area (TPSA) is 78.9 Å². The van der Waals surface area contributed by atoms with E-state index in [-0.39, 0.29) is 17.0 Å². The third-order valence-corrected chi connectivity index (χ3v) is 5.15. The van der Waals surface area contributed by atoms with Crippen molar-refractivity contribution in [3.8, 4) is 0 Å². The average Bonchev–Trinajstić information content (AvgIpc) is 2.75. The van der Waals surface area contributed by atoms with Gasteiger partial charge in [0.2, 0.25) is 0 Å². The van der Waals surface area contributed by atoms with Crippen LogP contribution >= 0.6 is 15.9 Å². The molecular formula is C22H29BrO6S. The van der Waals surface area contributed by atoms with Crippen LogP contribution in [0.2, 0.25) is 0 Å². The zero-order chi connectivity index (χ0) is 23.0. The van der Waals surface area contributed by atoms with Crippen LogP contribution in [0.15, 0.2) is 77.1 Å². The molecule has 0 aliphatic carbocycles. The Morgan fingerprint density at radius 3 is 1.93 bits per heavy atom. The number of hydrogen-bond acceptors (Lipinski definition) is 6. The lowest BCUT2D eigenvalue weighted by atomic mass is 10.1. The molecule has 0 amide bonds. The lowest BCUT2D eigenvalue weighted by Crippen LogP contribution is -2.14. The van der Waals surface area contributed by atoms with Gasteiger partial charge in [-0.05, 0) is 45.0 Å². The summed E-state index contributed by atoms with van der Waals surface area (Å²) in [5.74, 6) is -0.383. The fourth-order valence-corrected chi connectivity index (χ4v) is 3.16. The van der Waals surface area contributed by atoms with Crippen molar-refractivity contribution in [2.75, 3.05) is 19.8 Å². The van der Waals surface area contributed by atoms with Crippen LogP contribution < -0.4 is 0 Å². The van der Waals surface area contributed by atoms with Crippen molar-refractivity contribution in [1.82, 2.24) is 0 Å². The number of halogens is 1. The Bertz CT molecular complexity index is 816. The molecule has 2 aromatic rings. The minimum atomic E-state index is -3.92. The number of rotatable bonds is 9. The van der Waals surface area contributed by atoms with Crippen LogP contribution in [0.5, 0.6) is 0 Å². The lowest BCUT2D eigenvalue weighted by Gasteiger charge is -2.09. The summed E-state index contributed by atoms with van der Waals surface area (Å²) < 4.78 is 39.4. The Kier molecular flexibility index (Phi) is 15.0. The predicted molar refractivity (Wildman–Crippen MR) is 122 cm³/mol. The van der Waals surface area contributed by atoms with Gasteiger partial charge in [0.05, 0.1) is 4.90 Å². The number of Topliss-reactive ketones (excluding diaryl/α,β-unsaturated/α-hetero) is 1. The van der Waals surface area contributed by atoms with E-state index in [1.165, 1.54) is 12.1 Å². The number of ether oxygens (including phenoxy) is 2. The van der Waals surface area contributed by atoms with E-state index in [2.05, 4.69) is 29.1 Å². The summed E-state index contributed by atoms with van der Waals surface area (Å²) in [4.78, 5) is 11.8. The fraction of sp³-hybridized carbons (Fsp3) is 0.318. The first-order chi connectivity index (χ1) is 14.3. The second-order valence-corrected chi connectivity index (χ2v) is 7.97. The van der Waals surface area contributed by atoms with Crippen molar-refractivity contribution in [1.29, 1.82) is 0 Å². The highest BCUT2D eigenvalue weighted by molar-refractivity contribution is 9.10. The molecule has 0 N–H and O–H groups in total. The molecule has 0 aliphatic rings. The quantitative estimate of drug-likeness (QED) is 0.202. The summed E-state index contributed by atoms with van der Waals surface area (Å²) in [6.07, 6.45) is -0.0370. The Morgan fingerprint density at radius 2 is 1.47 bits per heavy atom. The molecule has 0 unspecified atom stereocenters. The van der Waals surface area contributed by atoms with Crippen molar-refractivity contribution in [2.24, 2.45) is 0 Å². The van der Waals surface area contributed by atoms with Crippen LogP contribution in [0, 0.1) is 0 Å². The van der Waals surface area contributed by atoms with Crippen molar-refractivity contribution >= 4 is 31.8 Å². The van der Waals surface area contributed by atoms with Crippen molar-refractivity contribution in [3.05, 3.63) is 77.8 Å². The van der Waals surface area contributed by atoms with Crippen molar-refractivity contribution < 1.29 is 26.9 Å². The van der Waals surface area contributed by atoms with E-state index in [1.807, 2.05) is 20.8 Å². The molecule has 0 spiro atoms. The number of carbonyl (C=O) groups is 1. The Balaban J connectivity index is 0.000000712. The van der Waals surface area contributed by atoms with Gasteiger partial charge in [0.15, 0.2) is 12.1 Å². The highest BCUT2D eigenvalue weighted by Gasteiger charge is 2.17. The van der Waals surface area contributed by atoms with Gasteiger partial charge in [-0.2, -0.15) is 8.42 Å². The van der Waals surface area contributed by atoms with Gasteiger partial charge >= 0.3 is 0 Å². The molecular weight excluding hydrogens is 472 g/mol. The third kappa shape index (κ3) is 11.4. The SMILES string of the molecule is C=C.CCOC(C)OCC.O=C(COS(=O)(=O)c1ccc(Br)cc1)c1ccccc1. The summed E-state index contributed by atoms with van der Waals surface area (Å²) in [6, 6.07) is 14.4. The van der Waals surface area contributed by atoms with Gasteiger partial charge in [-0.3, -0.25) is 8.98 Å². The second kappa shape index (κ2) is 15.9. The van der Waals surface area contributed by atoms with Crippen LogP contribution in [-0.2, 0) is 23.8 Å². The summed E-state index contributed by atoms with van der Waals surface area (Å²) in [7, 11) is -3.92. The maximum absolute atomic E-state index is 11.9. The van der Waals surface area contributed by atoms with Gasteiger partial charge in [-0.15, -0.1) is 13.2 Å². The van der Waals surface area contributed by atoms with E-state index in [1.54, 1.807) is 42.5 Å². The van der Waals surface area contributed by atoms with E-state index in [0.29, 0.717) is 5.56 Å². The number of benzene rings is 2. The molecule has 0 bridgehead atoms. The summed E-state index contributed by atoms with van der Waals surface area (Å²) in [5.41, 5.74) is 0.415. The fourth-order valence-electron chi connectivity index (χ4n) is 2.03. The minimum absolute atomic E-state index is 0.0153. The number of carbonyl (C=O) groups excluding carboxylic acids is 1. The Labute approximate surface area is 188 Å². The third-order valence-electron chi connectivity index (χ3n) is 3.35. The molecule has 0 aromatic heterocycles. The lowest BCUT2D eigenvalue weighted by molar-refractivity contribution is -0.123. The molecule has 0 radical (unpaired) electrons. The Hall–Kier alpha value is -1.84. The van der Waals surface area contributed by atoms with Gasteiger partial charge in [0, 0.05) is 23.2 Å². The smallest absolute Gasteiger partial charge is 0.297 e. The normalized spacial score (nSPS) is 10.4. The van der Waals surface area contributed by atoms with E-state index in [4.69, 9.17) is 13.7 Å². The molecule has 2 aromatic carbocycles. The average molecular weight is 501 g/mol. The van der Waals surface area contributed by atoms with Crippen LogP contribution in [0.1, 0.15) is 31.1 Å². The standard InChI is InChI=1S/C14H11BrO4S.C6H14O2.C2H4/c15-12-6-8-13(9-7-12)20(17,18)19-10-14(16)11-4-2-1-3-5-11;1-4-7-6(3)8-5-2;1-2/h1-9H,10H2;6H,4-5H2,1-3H3;1-2H2. The van der Waals surface area contributed by atoms with Crippen LogP contribution in [0.4, 0.5) is 0 Å². The van der Waals surface area contributed by atoms with Crippen molar-refractivity contribution in [3.63, 3.8) is 0 Å². The Morgan fingerprint density at radius 1 is 0.967 bits per heavy atom. The molecule has 0 fully saturated rings. The van der Waals surface area contributed by atoms with Gasteiger partial charge in [0.25, 0.3) is 10.1 Å². The molecule has 0 saturated heterocycles. The highest BCUT2D eigenvalue weighted by Crippen LogP contribution is 2.17. The summed E-state index contributed by atoms with van der Waals surface area (Å²) >= 11 is 3.22. The molecule has 0 saturated carbocycles. The predicted octanol–water partition coefficient (Wildman–Crippen LogP) is 5.24. The number of hydrogen-bond donors (Lipinski definition) is 0. The molecule has 6 nitrogen and oxygen atoms in total. The van der Waals surface area contributed by atoms with Gasteiger partial charge in [-0.1, -0.05) is 46.3 Å². The van der Waals surface area contributed by atoms with E-state index in [9.17, 15) is 13.2 Å². The minimum Gasteiger partial charge on any atom is -0.353 e. The van der Waals surface area contributed by atoms with Gasteiger partial charge in [0.1, 0.15) is 6.61 Å². The molecule has 166 valence electrons. The zero-order valence-electron chi connectivity index (χ0n) is 17.5. The molecule has 8 heteroatoms.